The quantitative estimate of drug-likeness (QED) is 0.0995. The lowest BCUT2D eigenvalue weighted by molar-refractivity contribution is -0.121. The normalized spacial score (nSPS) is 11.8. The molecule has 0 fully saturated rings. The third-order valence-electron chi connectivity index (χ3n) is 6.11. The molecule has 0 atom stereocenters. The van der Waals surface area contributed by atoms with Crippen LogP contribution in [0.2, 0.25) is 0 Å². The Morgan fingerprint density at radius 3 is 2.05 bits per heavy atom. The van der Waals surface area contributed by atoms with E-state index in [2.05, 4.69) is 42.4 Å². The Hall–Kier alpha value is -3.80. The molecule has 202 valence electrons. The standard InChI is InChI=1S/C29H21Br2N3O5S/c1-18-10-12-20(13-11-18)40(37,38)39-29-23(30)14-19(15-24(29)31)16-32-33-27(35)17-34-25-8-4-2-6-21(25)28(36)22-7-3-5-9-26(22)34/h2-16H,17H2,1H3,(H,33,35)/b32-16-. The Kier molecular flexibility index (Phi) is 7.88. The van der Waals surface area contributed by atoms with Gasteiger partial charge in [0, 0.05) is 10.8 Å². The van der Waals surface area contributed by atoms with E-state index in [1.165, 1.54) is 18.3 Å². The number of benzene rings is 4. The van der Waals surface area contributed by atoms with Gasteiger partial charge in [0.2, 0.25) is 0 Å². The van der Waals surface area contributed by atoms with E-state index in [4.69, 9.17) is 4.18 Å². The topological polar surface area (TPSA) is 107 Å². The molecule has 5 rings (SSSR count). The van der Waals surface area contributed by atoms with Crippen LogP contribution in [-0.4, -0.2) is 25.1 Å². The van der Waals surface area contributed by atoms with Crippen molar-refractivity contribution in [2.24, 2.45) is 5.10 Å². The van der Waals surface area contributed by atoms with Crippen molar-refractivity contribution in [3.05, 3.63) is 115 Å². The molecular weight excluding hydrogens is 662 g/mol. The van der Waals surface area contributed by atoms with Crippen molar-refractivity contribution in [3.8, 4) is 5.75 Å². The summed E-state index contributed by atoms with van der Waals surface area (Å²) in [6, 6.07) is 23.9. The van der Waals surface area contributed by atoms with Crippen molar-refractivity contribution in [2.75, 3.05) is 0 Å². The molecule has 1 N–H and O–H groups in total. The van der Waals surface area contributed by atoms with Crippen molar-refractivity contribution < 1.29 is 17.4 Å². The minimum Gasteiger partial charge on any atom is -0.377 e. The van der Waals surface area contributed by atoms with Crippen molar-refractivity contribution in [3.63, 3.8) is 0 Å². The summed E-state index contributed by atoms with van der Waals surface area (Å²) in [5.41, 5.74) is 5.22. The van der Waals surface area contributed by atoms with E-state index in [9.17, 15) is 18.0 Å². The lowest BCUT2D eigenvalue weighted by Crippen LogP contribution is -2.25. The van der Waals surface area contributed by atoms with E-state index >= 15 is 0 Å². The lowest BCUT2D eigenvalue weighted by Gasteiger charge is -2.14. The van der Waals surface area contributed by atoms with Gasteiger partial charge in [-0.1, -0.05) is 42.0 Å². The van der Waals surface area contributed by atoms with E-state index < -0.39 is 16.0 Å². The average molecular weight is 683 g/mol. The molecule has 0 aliphatic carbocycles. The van der Waals surface area contributed by atoms with Crippen LogP contribution in [0.15, 0.2) is 109 Å². The van der Waals surface area contributed by atoms with Gasteiger partial charge >= 0.3 is 10.1 Å². The molecule has 40 heavy (non-hydrogen) atoms. The molecule has 5 aromatic rings. The number of aromatic nitrogens is 1. The summed E-state index contributed by atoms with van der Waals surface area (Å²) in [5.74, 6) is -0.309. The molecule has 1 amide bonds. The highest BCUT2D eigenvalue weighted by molar-refractivity contribution is 9.11. The molecule has 0 aliphatic rings. The number of nitrogens with zero attached hydrogens (tertiary/aromatic N) is 2. The van der Waals surface area contributed by atoms with Gasteiger partial charge in [0.15, 0.2) is 11.2 Å². The summed E-state index contributed by atoms with van der Waals surface area (Å²) in [6.07, 6.45) is 1.42. The van der Waals surface area contributed by atoms with Crippen LogP contribution in [0.25, 0.3) is 21.8 Å². The minimum absolute atomic E-state index is 0.0357. The molecule has 0 radical (unpaired) electrons. The highest BCUT2D eigenvalue weighted by Crippen LogP contribution is 2.36. The monoisotopic (exact) mass is 681 g/mol. The number of amides is 1. The highest BCUT2D eigenvalue weighted by atomic mass is 79.9. The number of carbonyl (C=O) groups excluding carboxylic acids is 1. The predicted molar refractivity (Wildman–Crippen MR) is 162 cm³/mol. The zero-order chi connectivity index (χ0) is 28.4. The number of aryl methyl sites for hydroxylation is 1. The van der Waals surface area contributed by atoms with E-state index in [0.29, 0.717) is 36.3 Å². The number of pyridine rings is 1. The van der Waals surface area contributed by atoms with E-state index in [1.54, 1.807) is 65.2 Å². The van der Waals surface area contributed by atoms with Crippen LogP contribution in [0, 0.1) is 6.92 Å². The fourth-order valence-electron chi connectivity index (χ4n) is 4.20. The van der Waals surface area contributed by atoms with Crippen molar-refractivity contribution in [1.82, 2.24) is 9.99 Å². The highest BCUT2D eigenvalue weighted by Gasteiger charge is 2.20. The van der Waals surface area contributed by atoms with Crippen molar-refractivity contribution >= 4 is 75.9 Å². The van der Waals surface area contributed by atoms with Crippen LogP contribution in [0.5, 0.6) is 5.75 Å². The maximum Gasteiger partial charge on any atom is 0.339 e. The molecule has 0 bridgehead atoms. The molecule has 0 spiro atoms. The van der Waals surface area contributed by atoms with Gasteiger partial charge in [-0.15, -0.1) is 0 Å². The summed E-state index contributed by atoms with van der Waals surface area (Å²) >= 11 is 6.71. The maximum absolute atomic E-state index is 12.9. The van der Waals surface area contributed by atoms with Gasteiger partial charge in [0.1, 0.15) is 11.4 Å². The fourth-order valence-corrected chi connectivity index (χ4v) is 6.76. The van der Waals surface area contributed by atoms with E-state index in [1.807, 2.05) is 19.1 Å². The number of nitrogens with one attached hydrogen (secondary N) is 1. The van der Waals surface area contributed by atoms with Crippen LogP contribution in [0.4, 0.5) is 0 Å². The van der Waals surface area contributed by atoms with Gasteiger partial charge in [-0.3, -0.25) is 9.59 Å². The van der Waals surface area contributed by atoms with Gasteiger partial charge in [-0.2, -0.15) is 13.5 Å². The van der Waals surface area contributed by atoms with Gasteiger partial charge in [0.25, 0.3) is 5.91 Å². The smallest absolute Gasteiger partial charge is 0.339 e. The van der Waals surface area contributed by atoms with Crippen molar-refractivity contribution in [1.29, 1.82) is 0 Å². The average Bonchev–Trinajstić information content (AvgIpc) is 2.93. The first-order valence-corrected chi connectivity index (χ1v) is 15.0. The SMILES string of the molecule is Cc1ccc(S(=O)(=O)Oc2c(Br)cc(/C=N\NC(=O)Cn3c4ccccc4c(=O)c4ccccc43)cc2Br)cc1. The lowest BCUT2D eigenvalue weighted by atomic mass is 10.1. The number of hydrogen-bond donors (Lipinski definition) is 1. The molecule has 1 heterocycles. The third kappa shape index (κ3) is 5.72. The Labute approximate surface area is 246 Å². The first-order valence-electron chi connectivity index (χ1n) is 12.0. The summed E-state index contributed by atoms with van der Waals surface area (Å²) < 4.78 is 33.3. The van der Waals surface area contributed by atoms with Gasteiger partial charge in [-0.05, 0) is 92.9 Å². The van der Waals surface area contributed by atoms with Gasteiger partial charge in [-0.25, -0.2) is 5.43 Å². The van der Waals surface area contributed by atoms with Crippen molar-refractivity contribution in [2.45, 2.75) is 18.4 Å². The zero-order valence-corrected chi connectivity index (χ0v) is 25.0. The Morgan fingerprint density at radius 2 is 1.48 bits per heavy atom. The summed E-state index contributed by atoms with van der Waals surface area (Å²) in [6.45, 7) is 1.80. The molecule has 11 heteroatoms. The minimum atomic E-state index is -4.05. The number of fused-ring (bicyclic) bond motifs is 2. The largest absolute Gasteiger partial charge is 0.377 e. The maximum atomic E-state index is 12.9. The zero-order valence-electron chi connectivity index (χ0n) is 21.0. The van der Waals surface area contributed by atoms with E-state index in [-0.39, 0.29) is 22.6 Å². The number of hydrogen-bond acceptors (Lipinski definition) is 6. The fraction of sp³-hybridized carbons (Fsp3) is 0.0690. The van der Waals surface area contributed by atoms with Crippen LogP contribution in [-0.2, 0) is 21.5 Å². The number of halogens is 2. The third-order valence-corrected chi connectivity index (χ3v) is 8.52. The predicted octanol–water partition coefficient (Wildman–Crippen LogP) is 5.91. The second-order valence-electron chi connectivity index (χ2n) is 8.91. The Morgan fingerprint density at radius 1 is 0.925 bits per heavy atom. The molecular formula is C29H21Br2N3O5S. The van der Waals surface area contributed by atoms with E-state index in [0.717, 1.165) is 5.56 Å². The number of rotatable bonds is 7. The molecule has 1 aromatic heterocycles. The van der Waals surface area contributed by atoms with Crippen LogP contribution in [0.3, 0.4) is 0 Å². The van der Waals surface area contributed by atoms with Crippen LogP contribution in [0.1, 0.15) is 11.1 Å². The van der Waals surface area contributed by atoms with Crippen LogP contribution < -0.4 is 15.0 Å². The molecule has 4 aromatic carbocycles. The Balaban J connectivity index is 1.33. The summed E-state index contributed by atoms with van der Waals surface area (Å²) in [4.78, 5) is 25.8. The molecule has 0 saturated carbocycles. The molecule has 0 unspecified atom stereocenters. The van der Waals surface area contributed by atoms with Gasteiger partial charge < -0.3 is 8.75 Å². The molecule has 8 nitrogen and oxygen atoms in total. The Bertz CT molecular complexity index is 1890. The first kappa shape index (κ1) is 27.8. The second-order valence-corrected chi connectivity index (χ2v) is 12.2. The number of carbonyl (C=O) groups is 1. The summed E-state index contributed by atoms with van der Waals surface area (Å²) in [7, 11) is -4.05. The van der Waals surface area contributed by atoms with Crippen LogP contribution >= 0.6 is 31.9 Å². The number of hydrazone groups is 1. The second kappa shape index (κ2) is 11.4. The first-order chi connectivity index (χ1) is 19.1. The molecule has 0 aliphatic heterocycles. The molecule has 0 saturated heterocycles. The number of para-hydroxylation sites is 2. The summed E-state index contributed by atoms with van der Waals surface area (Å²) in [5, 5.41) is 5.11. The van der Waals surface area contributed by atoms with Gasteiger partial charge in [0.05, 0.1) is 26.2 Å².